The Morgan fingerprint density at radius 2 is 1.60 bits per heavy atom. The second-order valence-corrected chi connectivity index (χ2v) is 6.35. The van der Waals surface area contributed by atoms with E-state index in [0.717, 1.165) is 58.4 Å². The molecule has 114 valence electrons. The average molecular weight is 281 g/mol. The number of carbonyl (C=O) groups excluding carboxylic acids is 2. The molecule has 0 N–H and O–H groups in total. The topological polar surface area (TPSA) is 43.9 Å². The van der Waals surface area contributed by atoms with Gasteiger partial charge in [-0.2, -0.15) is 0 Å². The molecule has 0 bridgehead atoms. The van der Waals surface area contributed by atoms with Crippen molar-refractivity contribution < 1.29 is 9.59 Å². The summed E-state index contributed by atoms with van der Waals surface area (Å²) in [7, 11) is 4.20. The van der Waals surface area contributed by atoms with E-state index < -0.39 is 0 Å². The first-order valence-corrected chi connectivity index (χ1v) is 7.67. The molecule has 2 saturated heterocycles. The zero-order chi connectivity index (χ0) is 14.5. The van der Waals surface area contributed by atoms with Gasteiger partial charge in [0.05, 0.1) is 12.5 Å². The first-order valence-electron chi connectivity index (χ1n) is 7.67. The van der Waals surface area contributed by atoms with Crippen molar-refractivity contribution in [3.63, 3.8) is 0 Å². The predicted octanol–water partition coefficient (Wildman–Crippen LogP) is -0.0402. The van der Waals surface area contributed by atoms with Crippen LogP contribution in [0.2, 0.25) is 0 Å². The highest BCUT2D eigenvalue weighted by Gasteiger charge is 2.31. The molecule has 20 heavy (non-hydrogen) atoms. The van der Waals surface area contributed by atoms with Crippen molar-refractivity contribution in [1.82, 2.24) is 14.7 Å². The van der Waals surface area contributed by atoms with Crippen molar-refractivity contribution in [2.24, 2.45) is 11.8 Å². The molecule has 0 aromatic carbocycles. The molecule has 0 aliphatic carbocycles. The second-order valence-electron chi connectivity index (χ2n) is 6.35. The van der Waals surface area contributed by atoms with Gasteiger partial charge < -0.3 is 14.6 Å². The Balaban J connectivity index is 1.84. The summed E-state index contributed by atoms with van der Waals surface area (Å²) in [4.78, 5) is 30.5. The molecular formula is C15H27N3O2. The van der Waals surface area contributed by atoms with Crippen LogP contribution in [0.4, 0.5) is 0 Å². The van der Waals surface area contributed by atoms with Crippen LogP contribution in [0.1, 0.15) is 12.8 Å². The summed E-state index contributed by atoms with van der Waals surface area (Å²) in [6.45, 7) is 6.32. The van der Waals surface area contributed by atoms with Gasteiger partial charge in [0.15, 0.2) is 5.78 Å². The van der Waals surface area contributed by atoms with Crippen LogP contribution < -0.4 is 0 Å². The molecule has 0 aromatic heterocycles. The molecule has 0 aromatic rings. The maximum atomic E-state index is 12.4. The highest BCUT2D eigenvalue weighted by Crippen LogP contribution is 2.24. The normalized spacial score (nSPS) is 25.5. The van der Waals surface area contributed by atoms with E-state index >= 15 is 0 Å². The molecule has 5 nitrogen and oxygen atoms in total. The SMILES string of the molecule is CN1CCC(C(C=O)C(=O)CN2CCN(C)CC2)CC1. The van der Waals surface area contributed by atoms with Gasteiger partial charge in [-0.15, -0.1) is 0 Å². The van der Waals surface area contributed by atoms with E-state index in [1.807, 2.05) is 0 Å². The van der Waals surface area contributed by atoms with Crippen LogP contribution in [0, 0.1) is 11.8 Å². The molecule has 2 fully saturated rings. The summed E-state index contributed by atoms with van der Waals surface area (Å²) in [5.41, 5.74) is 0. The van der Waals surface area contributed by atoms with Gasteiger partial charge in [-0.1, -0.05) is 0 Å². The van der Waals surface area contributed by atoms with Crippen molar-refractivity contribution in [2.75, 3.05) is 59.9 Å². The monoisotopic (exact) mass is 281 g/mol. The van der Waals surface area contributed by atoms with Gasteiger partial charge in [0, 0.05) is 26.2 Å². The third-order valence-electron chi connectivity index (χ3n) is 4.76. The summed E-state index contributed by atoms with van der Waals surface area (Å²) in [5, 5.41) is 0. The van der Waals surface area contributed by atoms with Crippen molar-refractivity contribution >= 4 is 12.1 Å². The summed E-state index contributed by atoms with van der Waals surface area (Å²) >= 11 is 0. The fraction of sp³-hybridized carbons (Fsp3) is 0.867. The van der Waals surface area contributed by atoms with Crippen molar-refractivity contribution in [2.45, 2.75) is 12.8 Å². The van der Waals surface area contributed by atoms with Crippen LogP contribution >= 0.6 is 0 Å². The summed E-state index contributed by atoms with van der Waals surface area (Å²) in [6.07, 6.45) is 2.83. The lowest BCUT2D eigenvalue weighted by Gasteiger charge is -2.34. The largest absolute Gasteiger partial charge is 0.306 e. The molecule has 2 rings (SSSR count). The van der Waals surface area contributed by atoms with Gasteiger partial charge in [0.2, 0.25) is 0 Å². The van der Waals surface area contributed by atoms with Gasteiger partial charge in [-0.25, -0.2) is 0 Å². The van der Waals surface area contributed by atoms with E-state index in [-0.39, 0.29) is 17.6 Å². The molecule has 0 radical (unpaired) electrons. The maximum Gasteiger partial charge on any atom is 0.157 e. The van der Waals surface area contributed by atoms with E-state index in [1.165, 1.54) is 0 Å². The number of rotatable bonds is 5. The number of aldehydes is 1. The summed E-state index contributed by atoms with van der Waals surface area (Å²) in [6, 6.07) is 0. The third kappa shape index (κ3) is 4.11. The second kappa shape index (κ2) is 7.29. The van der Waals surface area contributed by atoms with E-state index in [4.69, 9.17) is 0 Å². The lowest BCUT2D eigenvalue weighted by Crippen LogP contribution is -2.48. The molecule has 2 aliphatic heterocycles. The first kappa shape index (κ1) is 15.6. The number of carbonyl (C=O) groups is 2. The van der Waals surface area contributed by atoms with Crippen LogP contribution in [-0.4, -0.2) is 86.7 Å². The van der Waals surface area contributed by atoms with Crippen LogP contribution in [0.25, 0.3) is 0 Å². The quantitative estimate of drug-likeness (QED) is 0.523. The Bertz CT molecular complexity index is 332. The van der Waals surface area contributed by atoms with Gasteiger partial charge in [0.25, 0.3) is 0 Å². The van der Waals surface area contributed by atoms with E-state index in [0.29, 0.717) is 6.54 Å². The minimum absolute atomic E-state index is 0.124. The predicted molar refractivity (Wildman–Crippen MR) is 78.7 cm³/mol. The number of hydrogen-bond acceptors (Lipinski definition) is 5. The minimum atomic E-state index is -0.386. The molecular weight excluding hydrogens is 254 g/mol. The number of likely N-dealkylation sites (tertiary alicyclic amines) is 1. The molecule has 2 heterocycles. The standard InChI is InChI=1S/C15H27N3O2/c1-16-5-3-13(4-6-16)14(12-19)15(20)11-18-9-7-17(2)8-10-18/h12-14H,3-11H2,1-2H3. The zero-order valence-corrected chi connectivity index (χ0v) is 12.8. The van der Waals surface area contributed by atoms with Crippen LogP contribution in [0.15, 0.2) is 0 Å². The van der Waals surface area contributed by atoms with Gasteiger partial charge in [-0.3, -0.25) is 9.69 Å². The Kier molecular flexibility index (Phi) is 5.69. The number of likely N-dealkylation sites (N-methyl/N-ethyl adjacent to an activating group) is 1. The molecule has 0 spiro atoms. The number of ketones is 1. The van der Waals surface area contributed by atoms with E-state index in [1.54, 1.807) is 0 Å². The third-order valence-corrected chi connectivity index (χ3v) is 4.76. The highest BCUT2D eigenvalue weighted by atomic mass is 16.1. The highest BCUT2D eigenvalue weighted by molar-refractivity contribution is 5.94. The number of piperazine rings is 1. The molecule has 0 saturated carbocycles. The molecule has 5 heteroatoms. The fourth-order valence-electron chi connectivity index (χ4n) is 3.17. The molecule has 0 amide bonds. The average Bonchev–Trinajstić information content (AvgIpc) is 2.44. The number of piperidine rings is 1. The number of Topliss-reactive ketones (excluding diaryl/α,β-unsaturated/α-hetero) is 1. The van der Waals surface area contributed by atoms with Gasteiger partial charge in [-0.05, 0) is 45.9 Å². The fourth-order valence-corrected chi connectivity index (χ4v) is 3.17. The first-order chi connectivity index (χ1) is 9.60. The van der Waals surface area contributed by atoms with Gasteiger partial charge in [0.1, 0.15) is 6.29 Å². The number of nitrogens with zero attached hydrogens (tertiary/aromatic N) is 3. The smallest absolute Gasteiger partial charge is 0.157 e. The van der Waals surface area contributed by atoms with Crippen molar-refractivity contribution in [1.29, 1.82) is 0 Å². The molecule has 1 unspecified atom stereocenters. The Morgan fingerprint density at radius 1 is 1.05 bits per heavy atom. The van der Waals surface area contributed by atoms with Crippen LogP contribution in [0.5, 0.6) is 0 Å². The Morgan fingerprint density at radius 3 is 2.15 bits per heavy atom. The van der Waals surface area contributed by atoms with Crippen molar-refractivity contribution in [3.05, 3.63) is 0 Å². The van der Waals surface area contributed by atoms with E-state index in [2.05, 4.69) is 28.8 Å². The summed E-state index contributed by atoms with van der Waals surface area (Å²) < 4.78 is 0. The number of hydrogen-bond donors (Lipinski definition) is 0. The van der Waals surface area contributed by atoms with Crippen LogP contribution in [-0.2, 0) is 9.59 Å². The Labute approximate surface area is 121 Å². The minimum Gasteiger partial charge on any atom is -0.306 e. The lowest BCUT2D eigenvalue weighted by atomic mass is 9.82. The summed E-state index contributed by atoms with van der Waals surface area (Å²) in [5.74, 6) is -0.00822. The van der Waals surface area contributed by atoms with Crippen LogP contribution in [0.3, 0.4) is 0 Å². The van der Waals surface area contributed by atoms with E-state index in [9.17, 15) is 9.59 Å². The molecule has 2 aliphatic rings. The van der Waals surface area contributed by atoms with Gasteiger partial charge >= 0.3 is 0 Å². The Hall–Kier alpha value is -0.780. The molecule has 1 atom stereocenters. The lowest BCUT2D eigenvalue weighted by molar-refractivity contribution is -0.131. The maximum absolute atomic E-state index is 12.4. The van der Waals surface area contributed by atoms with Crippen molar-refractivity contribution in [3.8, 4) is 0 Å². The zero-order valence-electron chi connectivity index (χ0n) is 12.8.